The average Bonchev–Trinajstić information content (AvgIpc) is 3.15. The Balaban J connectivity index is 1.45. The number of hydrogen-bond acceptors (Lipinski definition) is 3. The van der Waals surface area contributed by atoms with Crippen LogP contribution in [0.4, 0.5) is 4.39 Å². The van der Waals surface area contributed by atoms with E-state index in [-0.39, 0.29) is 23.2 Å². The maximum atomic E-state index is 13.0. The molecule has 1 amide bonds. The van der Waals surface area contributed by atoms with Gasteiger partial charge in [-0.1, -0.05) is 12.1 Å². The van der Waals surface area contributed by atoms with E-state index in [1.165, 1.54) is 12.1 Å². The second kappa shape index (κ2) is 6.26. The molecule has 2 aliphatic heterocycles. The number of aryl methyl sites for hydroxylation is 1. The number of carbonyl (C=O) groups excluding carboxylic acids is 1. The summed E-state index contributed by atoms with van der Waals surface area (Å²) < 4.78 is 14.8. The highest BCUT2D eigenvalue weighted by molar-refractivity contribution is 5.81. The zero-order valence-electron chi connectivity index (χ0n) is 14.4. The number of nitrogens with one attached hydrogen (secondary N) is 1. The van der Waals surface area contributed by atoms with E-state index >= 15 is 0 Å². The van der Waals surface area contributed by atoms with Gasteiger partial charge in [-0.3, -0.25) is 14.4 Å². The molecule has 3 heterocycles. The Morgan fingerprint density at radius 2 is 2.00 bits per heavy atom. The number of piperidine rings is 1. The van der Waals surface area contributed by atoms with Crippen molar-refractivity contribution in [1.82, 2.24) is 20.0 Å². The number of aromatic nitrogens is 2. The van der Waals surface area contributed by atoms with Crippen molar-refractivity contribution in [3.8, 4) is 0 Å². The summed E-state index contributed by atoms with van der Waals surface area (Å²) in [5, 5.41) is 7.55. The third-order valence-electron chi connectivity index (χ3n) is 5.64. The van der Waals surface area contributed by atoms with Gasteiger partial charge < -0.3 is 5.32 Å². The molecule has 1 N–H and O–H groups in total. The van der Waals surface area contributed by atoms with Gasteiger partial charge in [0.2, 0.25) is 5.91 Å². The lowest BCUT2D eigenvalue weighted by Gasteiger charge is -2.42. The van der Waals surface area contributed by atoms with Gasteiger partial charge in [-0.15, -0.1) is 0 Å². The monoisotopic (exact) mass is 342 g/mol. The molecule has 2 fully saturated rings. The first-order chi connectivity index (χ1) is 12.0. The predicted octanol–water partition coefficient (Wildman–Crippen LogP) is 2.20. The van der Waals surface area contributed by atoms with Crippen molar-refractivity contribution >= 4 is 5.91 Å². The predicted molar refractivity (Wildman–Crippen MR) is 92.4 cm³/mol. The van der Waals surface area contributed by atoms with Crippen molar-refractivity contribution in [3.63, 3.8) is 0 Å². The van der Waals surface area contributed by atoms with Gasteiger partial charge in [0.1, 0.15) is 5.82 Å². The molecule has 4 rings (SSSR count). The highest BCUT2D eigenvalue weighted by atomic mass is 19.1. The Bertz CT molecular complexity index is 762. The van der Waals surface area contributed by atoms with Crippen LogP contribution < -0.4 is 5.32 Å². The lowest BCUT2D eigenvalue weighted by Crippen LogP contribution is -2.53. The van der Waals surface area contributed by atoms with Gasteiger partial charge in [0.05, 0.1) is 6.20 Å². The summed E-state index contributed by atoms with van der Waals surface area (Å²) in [5.41, 5.74) is 2.11. The first kappa shape index (κ1) is 16.3. The van der Waals surface area contributed by atoms with Crippen LogP contribution in [0.25, 0.3) is 0 Å². The van der Waals surface area contributed by atoms with Crippen LogP contribution in [-0.4, -0.2) is 39.2 Å². The fraction of sp³-hybridized carbons (Fsp3) is 0.474. The van der Waals surface area contributed by atoms with E-state index in [0.29, 0.717) is 6.42 Å². The van der Waals surface area contributed by atoms with Crippen LogP contribution in [0.15, 0.2) is 36.7 Å². The van der Waals surface area contributed by atoms with Crippen molar-refractivity contribution in [2.45, 2.75) is 37.3 Å². The van der Waals surface area contributed by atoms with Crippen LogP contribution in [0.3, 0.4) is 0 Å². The molecule has 1 spiro atoms. The molecular weight excluding hydrogens is 319 g/mol. The minimum Gasteiger partial charge on any atom is -0.350 e. The molecule has 2 aliphatic rings. The Morgan fingerprint density at radius 3 is 2.64 bits per heavy atom. The minimum absolute atomic E-state index is 0.140. The number of carbonyl (C=O) groups is 1. The summed E-state index contributed by atoms with van der Waals surface area (Å²) in [7, 11) is 1.91. The van der Waals surface area contributed by atoms with Crippen LogP contribution in [0, 0.1) is 5.82 Å². The van der Waals surface area contributed by atoms with Gasteiger partial charge in [0.15, 0.2) is 0 Å². The molecule has 0 unspecified atom stereocenters. The van der Waals surface area contributed by atoms with Gasteiger partial charge in [-0.25, -0.2) is 4.39 Å². The molecule has 1 atom stereocenters. The summed E-state index contributed by atoms with van der Waals surface area (Å²) >= 11 is 0. The molecule has 1 aromatic carbocycles. The molecule has 5 nitrogen and oxygen atoms in total. The Morgan fingerprint density at radius 1 is 1.28 bits per heavy atom. The van der Waals surface area contributed by atoms with Crippen molar-refractivity contribution in [2.24, 2.45) is 7.05 Å². The fourth-order valence-electron chi connectivity index (χ4n) is 4.29. The molecule has 1 aromatic heterocycles. The van der Waals surface area contributed by atoms with Crippen LogP contribution >= 0.6 is 0 Å². The standard InChI is InChI=1S/C19H23FN4O/c1-23-13-15(11-21-23)17-10-18(25)22-19(17)6-8-24(9-7-19)12-14-2-4-16(20)5-3-14/h2-5,11,13,17H,6-10,12H2,1H3,(H,22,25)/t17-/m0/s1. The molecular formula is C19H23FN4O. The molecule has 0 bridgehead atoms. The summed E-state index contributed by atoms with van der Waals surface area (Å²) in [4.78, 5) is 14.5. The smallest absolute Gasteiger partial charge is 0.221 e. The molecule has 0 saturated carbocycles. The van der Waals surface area contributed by atoms with Gasteiger partial charge in [0, 0.05) is 50.8 Å². The summed E-state index contributed by atoms with van der Waals surface area (Å²) in [5.74, 6) is 0.136. The Labute approximate surface area is 146 Å². The summed E-state index contributed by atoms with van der Waals surface area (Å²) in [6, 6.07) is 6.71. The first-order valence-corrected chi connectivity index (χ1v) is 8.80. The normalized spacial score (nSPS) is 23.1. The number of halogens is 1. The Hall–Kier alpha value is -2.21. The third-order valence-corrected chi connectivity index (χ3v) is 5.64. The lowest BCUT2D eigenvalue weighted by molar-refractivity contribution is -0.120. The topological polar surface area (TPSA) is 50.2 Å². The van der Waals surface area contributed by atoms with Crippen molar-refractivity contribution in [3.05, 3.63) is 53.6 Å². The van der Waals surface area contributed by atoms with Gasteiger partial charge in [-0.2, -0.15) is 5.10 Å². The van der Waals surface area contributed by atoms with Gasteiger partial charge in [0.25, 0.3) is 0 Å². The maximum Gasteiger partial charge on any atom is 0.221 e. The first-order valence-electron chi connectivity index (χ1n) is 8.80. The summed E-state index contributed by atoms with van der Waals surface area (Å²) in [6.45, 7) is 2.67. The van der Waals surface area contributed by atoms with Crippen LogP contribution in [0.5, 0.6) is 0 Å². The number of amides is 1. The average molecular weight is 342 g/mol. The molecule has 25 heavy (non-hydrogen) atoms. The lowest BCUT2D eigenvalue weighted by atomic mass is 9.75. The molecule has 132 valence electrons. The van der Waals surface area contributed by atoms with E-state index in [1.807, 2.05) is 31.6 Å². The molecule has 2 saturated heterocycles. The summed E-state index contributed by atoms with van der Waals surface area (Å²) in [6.07, 6.45) is 6.32. The number of nitrogens with zero attached hydrogens (tertiary/aromatic N) is 3. The van der Waals surface area contributed by atoms with E-state index in [2.05, 4.69) is 15.3 Å². The highest BCUT2D eigenvalue weighted by Crippen LogP contribution is 2.43. The molecule has 0 aliphatic carbocycles. The zero-order valence-corrected chi connectivity index (χ0v) is 14.4. The number of likely N-dealkylation sites (tertiary alicyclic amines) is 1. The fourth-order valence-corrected chi connectivity index (χ4v) is 4.29. The maximum absolute atomic E-state index is 13.0. The minimum atomic E-state index is -0.200. The van der Waals surface area contributed by atoms with Crippen LogP contribution in [-0.2, 0) is 18.4 Å². The van der Waals surface area contributed by atoms with E-state index in [1.54, 1.807) is 4.68 Å². The van der Waals surface area contributed by atoms with E-state index in [4.69, 9.17) is 0 Å². The molecule has 0 radical (unpaired) electrons. The number of hydrogen-bond donors (Lipinski definition) is 1. The van der Waals surface area contributed by atoms with Crippen LogP contribution in [0.2, 0.25) is 0 Å². The van der Waals surface area contributed by atoms with Crippen LogP contribution in [0.1, 0.15) is 36.3 Å². The van der Waals surface area contributed by atoms with Gasteiger partial charge in [-0.05, 0) is 36.1 Å². The Kier molecular flexibility index (Phi) is 4.07. The second-order valence-corrected chi connectivity index (χ2v) is 7.31. The number of rotatable bonds is 3. The van der Waals surface area contributed by atoms with Crippen molar-refractivity contribution < 1.29 is 9.18 Å². The quantitative estimate of drug-likeness (QED) is 0.930. The second-order valence-electron chi connectivity index (χ2n) is 7.31. The zero-order chi connectivity index (χ0) is 17.4. The third kappa shape index (κ3) is 3.18. The highest BCUT2D eigenvalue weighted by Gasteiger charge is 2.48. The van der Waals surface area contributed by atoms with Gasteiger partial charge >= 0.3 is 0 Å². The van der Waals surface area contributed by atoms with E-state index in [0.717, 1.165) is 43.6 Å². The SMILES string of the molecule is Cn1cc([C@@H]2CC(=O)NC23CCN(Cc2ccc(F)cc2)CC3)cn1. The molecule has 2 aromatic rings. The molecule has 6 heteroatoms. The van der Waals surface area contributed by atoms with Crippen molar-refractivity contribution in [2.75, 3.05) is 13.1 Å². The largest absolute Gasteiger partial charge is 0.350 e. The van der Waals surface area contributed by atoms with E-state index < -0.39 is 0 Å². The van der Waals surface area contributed by atoms with E-state index in [9.17, 15) is 9.18 Å². The van der Waals surface area contributed by atoms with Crippen molar-refractivity contribution in [1.29, 1.82) is 0 Å². The number of benzene rings is 1.